The Kier molecular flexibility index (Phi) is 7.58. The van der Waals surface area contributed by atoms with Gasteiger partial charge in [0, 0.05) is 43.4 Å². The lowest BCUT2D eigenvalue weighted by molar-refractivity contribution is 0.177. The van der Waals surface area contributed by atoms with Gasteiger partial charge in [-0.25, -0.2) is 9.67 Å². The summed E-state index contributed by atoms with van der Waals surface area (Å²) in [6.07, 6.45) is 3.99. The molecule has 9 heteroatoms. The zero-order valence-corrected chi connectivity index (χ0v) is 18.1. The van der Waals surface area contributed by atoms with E-state index in [-0.39, 0.29) is 6.04 Å². The van der Waals surface area contributed by atoms with Gasteiger partial charge in [0.05, 0.1) is 6.54 Å². The number of thioether (sulfide) groups is 1. The summed E-state index contributed by atoms with van der Waals surface area (Å²) in [5, 5.41) is 12.5. The summed E-state index contributed by atoms with van der Waals surface area (Å²) in [4.78, 5) is 8.91. The van der Waals surface area contributed by atoms with Crippen LogP contribution in [0.5, 0.6) is 0 Å². The Morgan fingerprint density at radius 3 is 3.07 bits per heavy atom. The number of ether oxygens (including phenoxy) is 1. The van der Waals surface area contributed by atoms with Crippen molar-refractivity contribution in [3.05, 3.63) is 46.5 Å². The summed E-state index contributed by atoms with van der Waals surface area (Å²) in [7, 11) is 3.45. The van der Waals surface area contributed by atoms with Crippen LogP contribution in [0.25, 0.3) is 0 Å². The number of hydrogen-bond donors (Lipinski definition) is 2. The van der Waals surface area contributed by atoms with E-state index >= 15 is 0 Å². The van der Waals surface area contributed by atoms with E-state index < -0.39 is 0 Å². The van der Waals surface area contributed by atoms with Gasteiger partial charge in [-0.1, -0.05) is 23.7 Å². The molecule has 28 heavy (non-hydrogen) atoms. The number of aliphatic imine (C=N–C) groups is 1. The van der Waals surface area contributed by atoms with Gasteiger partial charge in [-0.3, -0.25) is 4.99 Å². The maximum atomic E-state index is 6.14. The molecule has 0 aliphatic carbocycles. The van der Waals surface area contributed by atoms with Gasteiger partial charge in [-0.2, -0.15) is 16.9 Å². The maximum Gasteiger partial charge on any atom is 0.191 e. The molecule has 0 radical (unpaired) electrons. The fraction of sp³-hybridized carbons (Fsp3) is 0.526. The van der Waals surface area contributed by atoms with E-state index in [0.717, 1.165) is 48.6 Å². The lowest BCUT2D eigenvalue weighted by Gasteiger charge is -2.26. The first-order valence-electron chi connectivity index (χ1n) is 9.30. The molecule has 0 saturated heterocycles. The Morgan fingerprint density at radius 2 is 2.36 bits per heavy atom. The fourth-order valence-electron chi connectivity index (χ4n) is 3.29. The Labute approximate surface area is 175 Å². The van der Waals surface area contributed by atoms with Crippen molar-refractivity contribution in [3.63, 3.8) is 0 Å². The molecule has 2 atom stereocenters. The minimum Gasteiger partial charge on any atom is -0.377 e. The van der Waals surface area contributed by atoms with Crippen LogP contribution in [0.1, 0.15) is 28.9 Å². The third-order valence-corrected chi connectivity index (χ3v) is 5.94. The summed E-state index contributed by atoms with van der Waals surface area (Å²) < 4.78 is 7.10. The molecule has 0 bridgehead atoms. The number of hydrogen-bond acceptors (Lipinski definition) is 5. The number of aromatic nitrogens is 3. The van der Waals surface area contributed by atoms with Crippen LogP contribution in [0.3, 0.4) is 0 Å². The van der Waals surface area contributed by atoms with Gasteiger partial charge >= 0.3 is 0 Å². The van der Waals surface area contributed by atoms with Gasteiger partial charge in [0.15, 0.2) is 11.8 Å². The van der Waals surface area contributed by atoms with E-state index in [2.05, 4.69) is 38.0 Å². The number of fused-ring (bicyclic) bond motifs is 1. The Hall–Kier alpha value is -1.77. The average Bonchev–Trinajstić information content (AvgIpc) is 3.09. The van der Waals surface area contributed by atoms with E-state index in [1.54, 1.807) is 25.9 Å². The van der Waals surface area contributed by atoms with Crippen molar-refractivity contribution in [2.75, 3.05) is 27.0 Å². The van der Waals surface area contributed by atoms with E-state index in [4.69, 9.17) is 16.3 Å². The van der Waals surface area contributed by atoms with Crippen molar-refractivity contribution < 1.29 is 4.74 Å². The van der Waals surface area contributed by atoms with Crippen LogP contribution in [-0.4, -0.2) is 53.7 Å². The van der Waals surface area contributed by atoms with Crippen molar-refractivity contribution in [2.45, 2.75) is 37.3 Å². The minimum atomic E-state index is 0.259. The third-order valence-electron chi connectivity index (χ3n) is 4.70. The predicted octanol–water partition coefficient (Wildman–Crippen LogP) is 2.66. The number of nitrogens with zero attached hydrogens (tertiary/aromatic N) is 4. The van der Waals surface area contributed by atoms with Crippen molar-refractivity contribution in [1.82, 2.24) is 25.4 Å². The predicted molar refractivity (Wildman–Crippen MR) is 115 cm³/mol. The molecule has 2 unspecified atom stereocenters. The number of benzene rings is 1. The van der Waals surface area contributed by atoms with Crippen molar-refractivity contribution in [3.8, 4) is 0 Å². The van der Waals surface area contributed by atoms with Gasteiger partial charge in [0.1, 0.15) is 12.4 Å². The molecule has 7 nitrogen and oxygen atoms in total. The SMILES string of the molecule is CN=C(NCC(SC)c1cccc(Cl)c1)NC1CCc2nc(COC)nn2C1. The Bertz CT molecular complexity index is 811. The summed E-state index contributed by atoms with van der Waals surface area (Å²) in [5.74, 6) is 2.56. The van der Waals surface area contributed by atoms with Crippen LogP contribution in [0, 0.1) is 0 Å². The fourth-order valence-corrected chi connectivity index (χ4v) is 4.16. The third kappa shape index (κ3) is 5.40. The molecule has 0 fully saturated rings. The summed E-state index contributed by atoms with van der Waals surface area (Å²) >= 11 is 7.93. The molecule has 1 aromatic carbocycles. The quantitative estimate of drug-likeness (QED) is 0.527. The molecule has 1 aliphatic heterocycles. The molecule has 2 heterocycles. The van der Waals surface area contributed by atoms with E-state index in [1.165, 1.54) is 5.56 Å². The van der Waals surface area contributed by atoms with Gasteiger partial charge in [-0.15, -0.1) is 0 Å². The van der Waals surface area contributed by atoms with Gasteiger partial charge < -0.3 is 15.4 Å². The summed E-state index contributed by atoms with van der Waals surface area (Å²) in [6.45, 7) is 1.98. The number of rotatable bonds is 7. The molecule has 2 aromatic rings. The van der Waals surface area contributed by atoms with Crippen molar-refractivity contribution in [1.29, 1.82) is 0 Å². The highest BCUT2D eigenvalue weighted by Gasteiger charge is 2.22. The topological polar surface area (TPSA) is 76.4 Å². The van der Waals surface area contributed by atoms with Gasteiger partial charge in [-0.05, 0) is 30.4 Å². The largest absolute Gasteiger partial charge is 0.377 e. The van der Waals surface area contributed by atoms with E-state index in [1.807, 2.05) is 22.9 Å². The number of nitrogens with one attached hydrogen (secondary N) is 2. The smallest absolute Gasteiger partial charge is 0.191 e. The van der Waals surface area contributed by atoms with Crippen molar-refractivity contribution in [2.24, 2.45) is 4.99 Å². The monoisotopic (exact) mass is 422 g/mol. The Morgan fingerprint density at radius 1 is 1.50 bits per heavy atom. The standard InChI is InChI=1S/C19H27ClN6OS/c1-21-19(22-10-16(28-3)13-5-4-6-14(20)9-13)23-15-7-8-18-24-17(12-27-2)25-26(18)11-15/h4-6,9,15-16H,7-8,10-12H2,1-3H3,(H2,21,22,23). The molecule has 0 spiro atoms. The average molecular weight is 423 g/mol. The van der Waals surface area contributed by atoms with Crippen molar-refractivity contribution >= 4 is 29.3 Å². The second-order valence-electron chi connectivity index (χ2n) is 6.67. The lowest BCUT2D eigenvalue weighted by Crippen LogP contribution is -2.47. The molecule has 3 rings (SSSR count). The minimum absolute atomic E-state index is 0.259. The van der Waals surface area contributed by atoms with Crippen LogP contribution in [-0.2, 0) is 24.3 Å². The first-order chi connectivity index (χ1) is 13.6. The summed E-state index contributed by atoms with van der Waals surface area (Å²) in [5.41, 5.74) is 1.21. The molecule has 0 saturated carbocycles. The lowest BCUT2D eigenvalue weighted by atomic mass is 10.1. The number of aryl methyl sites for hydroxylation is 1. The molecule has 2 N–H and O–H groups in total. The number of methoxy groups -OCH3 is 1. The highest BCUT2D eigenvalue weighted by Crippen LogP contribution is 2.27. The molecule has 1 aliphatic rings. The first-order valence-corrected chi connectivity index (χ1v) is 11.0. The molecule has 152 valence electrons. The van der Waals surface area contributed by atoms with Crippen LogP contribution in [0.4, 0.5) is 0 Å². The van der Waals surface area contributed by atoms with E-state index in [9.17, 15) is 0 Å². The van der Waals surface area contributed by atoms with Crippen LogP contribution < -0.4 is 10.6 Å². The zero-order chi connectivity index (χ0) is 19.9. The van der Waals surface area contributed by atoms with Gasteiger partial charge in [0.25, 0.3) is 0 Å². The van der Waals surface area contributed by atoms with Gasteiger partial charge in [0.2, 0.25) is 0 Å². The second-order valence-corrected chi connectivity index (χ2v) is 8.15. The molecular formula is C19H27ClN6OS. The number of guanidine groups is 1. The van der Waals surface area contributed by atoms with E-state index in [0.29, 0.717) is 11.9 Å². The summed E-state index contributed by atoms with van der Waals surface area (Å²) in [6, 6.07) is 8.27. The molecule has 0 amide bonds. The Balaban J connectivity index is 1.55. The first kappa shape index (κ1) is 21.0. The molecule has 1 aromatic heterocycles. The highest BCUT2D eigenvalue weighted by molar-refractivity contribution is 7.98. The number of halogens is 1. The molecular weight excluding hydrogens is 396 g/mol. The normalized spacial score (nSPS) is 17.9. The van der Waals surface area contributed by atoms with Crippen LogP contribution >= 0.6 is 23.4 Å². The zero-order valence-electron chi connectivity index (χ0n) is 16.5. The highest BCUT2D eigenvalue weighted by atomic mass is 35.5. The second kappa shape index (κ2) is 10.1. The van der Waals surface area contributed by atoms with Crippen LogP contribution in [0.2, 0.25) is 5.02 Å². The maximum absolute atomic E-state index is 6.14. The van der Waals surface area contributed by atoms with Crippen LogP contribution in [0.15, 0.2) is 29.3 Å².